The topological polar surface area (TPSA) is 69.4 Å². The van der Waals surface area contributed by atoms with Crippen LogP contribution in [-0.2, 0) is 5.41 Å². The second kappa shape index (κ2) is 9.01. The highest BCUT2D eigenvalue weighted by Crippen LogP contribution is 2.17. The van der Waals surface area contributed by atoms with Crippen molar-refractivity contribution in [2.75, 3.05) is 12.9 Å². The van der Waals surface area contributed by atoms with E-state index in [9.17, 15) is 4.79 Å². The summed E-state index contributed by atoms with van der Waals surface area (Å²) in [5, 5.41) is 13.0. The third kappa shape index (κ3) is 5.31. The molecule has 0 unspecified atom stereocenters. The SMILES string of the molecule is CCOc1ccc(/C=N/n2c(SC)nnc(C(C)(C)C)c2=O)cc1.Cl. The van der Waals surface area contributed by atoms with Crippen molar-refractivity contribution in [3.8, 4) is 5.75 Å². The number of hydrogen-bond acceptors (Lipinski definition) is 6. The largest absolute Gasteiger partial charge is 0.494 e. The number of ether oxygens (including phenoxy) is 1. The molecule has 1 aromatic heterocycles. The van der Waals surface area contributed by atoms with Crippen molar-refractivity contribution in [3.63, 3.8) is 0 Å². The summed E-state index contributed by atoms with van der Waals surface area (Å²) < 4.78 is 6.71. The summed E-state index contributed by atoms with van der Waals surface area (Å²) in [7, 11) is 0. The molecule has 0 N–H and O–H groups in total. The molecule has 0 amide bonds. The Hall–Kier alpha value is -1.86. The van der Waals surface area contributed by atoms with Gasteiger partial charge in [-0.1, -0.05) is 32.5 Å². The molecule has 1 aromatic carbocycles. The summed E-state index contributed by atoms with van der Waals surface area (Å²) in [6, 6.07) is 7.51. The molecule has 25 heavy (non-hydrogen) atoms. The Morgan fingerprint density at radius 3 is 2.40 bits per heavy atom. The standard InChI is InChI=1S/C17H22N4O2S.ClH/c1-6-23-13-9-7-12(8-10-13)11-18-21-15(22)14(17(2,3)4)19-20-16(21)24-5;/h7-11H,6H2,1-5H3;1H/b18-11+;. The molecule has 6 nitrogen and oxygen atoms in total. The Bertz CT molecular complexity index is 783. The maximum absolute atomic E-state index is 12.7. The van der Waals surface area contributed by atoms with Gasteiger partial charge in [-0.2, -0.15) is 9.78 Å². The van der Waals surface area contributed by atoms with Gasteiger partial charge in [0.2, 0.25) is 5.16 Å². The second-order valence-electron chi connectivity index (χ2n) is 6.15. The molecule has 2 rings (SSSR count). The number of hydrogen-bond donors (Lipinski definition) is 0. The zero-order chi connectivity index (χ0) is 17.7. The molecule has 8 heteroatoms. The Labute approximate surface area is 158 Å². The molecule has 0 spiro atoms. The minimum absolute atomic E-state index is 0. The van der Waals surface area contributed by atoms with Crippen molar-refractivity contribution in [1.29, 1.82) is 0 Å². The fourth-order valence-electron chi connectivity index (χ4n) is 2.01. The molecule has 0 radical (unpaired) electrons. The van der Waals surface area contributed by atoms with E-state index in [4.69, 9.17) is 4.74 Å². The summed E-state index contributed by atoms with van der Waals surface area (Å²) in [5.74, 6) is 0.803. The van der Waals surface area contributed by atoms with Crippen molar-refractivity contribution < 1.29 is 4.74 Å². The molecular weight excluding hydrogens is 360 g/mol. The van der Waals surface area contributed by atoms with Crippen LogP contribution in [0.25, 0.3) is 0 Å². The van der Waals surface area contributed by atoms with Gasteiger partial charge in [-0.3, -0.25) is 4.79 Å². The fourth-order valence-corrected chi connectivity index (χ4v) is 2.43. The van der Waals surface area contributed by atoms with Crippen LogP contribution in [0.3, 0.4) is 0 Å². The van der Waals surface area contributed by atoms with E-state index in [1.165, 1.54) is 16.4 Å². The molecule has 0 saturated carbocycles. The summed E-state index contributed by atoms with van der Waals surface area (Å²) in [4.78, 5) is 12.7. The van der Waals surface area contributed by atoms with Gasteiger partial charge in [-0.25, -0.2) is 0 Å². The number of nitrogens with zero attached hydrogens (tertiary/aromatic N) is 4. The molecule has 0 saturated heterocycles. The van der Waals surface area contributed by atoms with Crippen molar-refractivity contribution in [3.05, 3.63) is 45.9 Å². The van der Waals surface area contributed by atoms with Gasteiger partial charge in [0.05, 0.1) is 12.8 Å². The van der Waals surface area contributed by atoms with Crippen LogP contribution in [0.15, 0.2) is 39.3 Å². The van der Waals surface area contributed by atoms with E-state index in [1.54, 1.807) is 6.21 Å². The summed E-state index contributed by atoms with van der Waals surface area (Å²) in [5.41, 5.74) is 0.622. The third-order valence-electron chi connectivity index (χ3n) is 3.22. The quantitative estimate of drug-likeness (QED) is 0.585. The molecule has 0 fully saturated rings. The molecule has 0 bridgehead atoms. The van der Waals surface area contributed by atoms with Crippen molar-refractivity contribution in [2.24, 2.45) is 5.10 Å². The molecule has 0 aliphatic carbocycles. The van der Waals surface area contributed by atoms with Crippen molar-refractivity contribution in [1.82, 2.24) is 14.9 Å². The zero-order valence-electron chi connectivity index (χ0n) is 15.0. The zero-order valence-corrected chi connectivity index (χ0v) is 16.6. The molecular formula is C17H23ClN4O2S. The van der Waals surface area contributed by atoms with E-state index in [1.807, 2.05) is 58.2 Å². The summed E-state index contributed by atoms with van der Waals surface area (Å²) in [6.45, 7) is 8.35. The Kier molecular flexibility index (Phi) is 7.63. The van der Waals surface area contributed by atoms with E-state index in [0.717, 1.165) is 11.3 Å². The van der Waals surface area contributed by atoms with Crippen LogP contribution in [0.1, 0.15) is 39.0 Å². The van der Waals surface area contributed by atoms with Gasteiger partial charge in [-0.15, -0.1) is 22.6 Å². The predicted molar refractivity (Wildman–Crippen MR) is 105 cm³/mol. The van der Waals surface area contributed by atoms with Crippen LogP contribution in [-0.4, -0.2) is 34.0 Å². The van der Waals surface area contributed by atoms with Crippen LogP contribution in [0.2, 0.25) is 0 Å². The van der Waals surface area contributed by atoms with Crippen molar-refractivity contribution >= 4 is 30.4 Å². The molecule has 2 aromatic rings. The normalized spacial score (nSPS) is 11.4. The van der Waals surface area contributed by atoms with Gasteiger partial charge in [0.1, 0.15) is 11.4 Å². The fraction of sp³-hybridized carbons (Fsp3) is 0.412. The Balaban J connectivity index is 0.00000312. The van der Waals surface area contributed by atoms with Gasteiger partial charge >= 0.3 is 0 Å². The van der Waals surface area contributed by atoms with Gasteiger partial charge in [-0.05, 0) is 43.0 Å². The Morgan fingerprint density at radius 1 is 1.24 bits per heavy atom. The van der Waals surface area contributed by atoms with Crippen LogP contribution >= 0.6 is 24.2 Å². The van der Waals surface area contributed by atoms with E-state index in [-0.39, 0.29) is 18.0 Å². The number of aromatic nitrogens is 3. The number of rotatable bonds is 5. The van der Waals surface area contributed by atoms with Gasteiger partial charge in [0.25, 0.3) is 5.56 Å². The predicted octanol–water partition coefficient (Wildman–Crippen LogP) is 3.36. The first-order valence-electron chi connectivity index (χ1n) is 7.68. The molecule has 136 valence electrons. The summed E-state index contributed by atoms with van der Waals surface area (Å²) in [6.07, 6.45) is 3.47. The average Bonchev–Trinajstić information content (AvgIpc) is 2.54. The van der Waals surface area contributed by atoms with E-state index < -0.39 is 5.41 Å². The lowest BCUT2D eigenvalue weighted by Crippen LogP contribution is -2.32. The highest BCUT2D eigenvalue weighted by atomic mass is 35.5. The minimum Gasteiger partial charge on any atom is -0.494 e. The third-order valence-corrected chi connectivity index (χ3v) is 3.84. The lowest BCUT2D eigenvalue weighted by Gasteiger charge is -2.16. The smallest absolute Gasteiger partial charge is 0.297 e. The summed E-state index contributed by atoms with van der Waals surface area (Å²) >= 11 is 1.33. The molecule has 0 aliphatic heterocycles. The van der Waals surface area contributed by atoms with Gasteiger partial charge < -0.3 is 4.74 Å². The van der Waals surface area contributed by atoms with Crippen LogP contribution < -0.4 is 10.3 Å². The van der Waals surface area contributed by atoms with Gasteiger partial charge in [0.15, 0.2) is 0 Å². The van der Waals surface area contributed by atoms with Gasteiger partial charge in [0, 0.05) is 5.41 Å². The monoisotopic (exact) mass is 382 g/mol. The van der Waals surface area contributed by atoms with Crippen molar-refractivity contribution in [2.45, 2.75) is 38.3 Å². The lowest BCUT2D eigenvalue weighted by atomic mass is 9.93. The van der Waals surface area contributed by atoms with E-state index in [0.29, 0.717) is 17.5 Å². The molecule has 0 aliphatic rings. The number of halogens is 1. The minimum atomic E-state index is -0.391. The molecule has 1 heterocycles. The maximum Gasteiger partial charge on any atom is 0.297 e. The maximum atomic E-state index is 12.7. The first-order chi connectivity index (χ1) is 11.4. The number of thioether (sulfide) groups is 1. The van der Waals surface area contributed by atoms with Crippen LogP contribution in [0.4, 0.5) is 0 Å². The highest BCUT2D eigenvalue weighted by Gasteiger charge is 2.23. The first-order valence-corrected chi connectivity index (χ1v) is 8.90. The molecule has 0 atom stereocenters. The van der Waals surface area contributed by atoms with E-state index >= 15 is 0 Å². The Morgan fingerprint density at radius 2 is 1.88 bits per heavy atom. The van der Waals surface area contributed by atoms with Crippen LogP contribution in [0.5, 0.6) is 5.75 Å². The second-order valence-corrected chi connectivity index (χ2v) is 6.92. The first kappa shape index (κ1) is 21.2. The average molecular weight is 383 g/mol. The van der Waals surface area contributed by atoms with E-state index in [2.05, 4.69) is 15.3 Å². The van der Waals surface area contributed by atoms with Crippen LogP contribution in [0, 0.1) is 0 Å². The highest BCUT2D eigenvalue weighted by molar-refractivity contribution is 7.98. The number of benzene rings is 1. The lowest BCUT2D eigenvalue weighted by molar-refractivity contribution is 0.340.